The number of nitrogens with zero attached hydrogens (tertiary/aromatic N) is 3. The minimum absolute atomic E-state index is 0.0796. The van der Waals surface area contributed by atoms with E-state index in [1.807, 2.05) is 47.3 Å². The van der Waals surface area contributed by atoms with E-state index < -0.39 is 0 Å². The van der Waals surface area contributed by atoms with Gasteiger partial charge in [0.2, 0.25) is 0 Å². The van der Waals surface area contributed by atoms with Crippen molar-refractivity contribution < 1.29 is 9.53 Å². The van der Waals surface area contributed by atoms with E-state index in [0.29, 0.717) is 11.5 Å². The lowest BCUT2D eigenvalue weighted by atomic mass is 9.80. The smallest absolute Gasteiger partial charge is 0.271 e. The van der Waals surface area contributed by atoms with E-state index in [4.69, 9.17) is 4.74 Å². The maximum Gasteiger partial charge on any atom is 0.271 e. The van der Waals surface area contributed by atoms with Gasteiger partial charge in [0.15, 0.2) is 0 Å². The van der Waals surface area contributed by atoms with Crippen LogP contribution in [0.1, 0.15) is 54.6 Å². The van der Waals surface area contributed by atoms with Crippen LogP contribution < -0.4 is 15.1 Å². The molecule has 0 saturated heterocycles. The third kappa shape index (κ3) is 4.13. The summed E-state index contributed by atoms with van der Waals surface area (Å²) in [5.41, 5.74) is 7.46. The molecule has 2 heterocycles. The summed E-state index contributed by atoms with van der Waals surface area (Å²) in [6.07, 6.45) is 6.60. The van der Waals surface area contributed by atoms with Gasteiger partial charge >= 0.3 is 0 Å². The molecule has 1 unspecified atom stereocenters. The molecule has 32 heavy (non-hydrogen) atoms. The first-order chi connectivity index (χ1) is 15.3. The van der Waals surface area contributed by atoms with Crippen LogP contribution in [0.2, 0.25) is 0 Å². The standard InChI is InChI=1S/C26H30N4O2/c1-18-16-26(2,3)29(4)23-15-24(32-5)20(14-22(18)23)17-27-28-25(31)19-9-8-10-21(13-19)30-11-6-7-12-30/h6-15,17-18H,16H2,1-5H3,(H,28,31)/b27-17+. The molecule has 0 spiro atoms. The molecular formula is C26H30N4O2. The minimum atomic E-state index is -0.262. The van der Waals surface area contributed by atoms with Gasteiger partial charge in [-0.2, -0.15) is 5.10 Å². The molecule has 2 aromatic carbocycles. The first kappa shape index (κ1) is 21.7. The Bertz CT molecular complexity index is 1150. The predicted octanol–water partition coefficient (Wildman–Crippen LogP) is 4.97. The summed E-state index contributed by atoms with van der Waals surface area (Å²) < 4.78 is 7.58. The van der Waals surface area contributed by atoms with Crippen molar-refractivity contribution in [1.29, 1.82) is 0 Å². The van der Waals surface area contributed by atoms with Crippen molar-refractivity contribution in [3.05, 3.63) is 77.6 Å². The zero-order valence-corrected chi connectivity index (χ0v) is 19.3. The Balaban J connectivity index is 1.55. The van der Waals surface area contributed by atoms with E-state index in [0.717, 1.165) is 23.4 Å². The second kappa shape index (κ2) is 8.54. The Morgan fingerprint density at radius 1 is 1.19 bits per heavy atom. The molecule has 6 nitrogen and oxygen atoms in total. The van der Waals surface area contributed by atoms with Crippen LogP contribution in [-0.2, 0) is 0 Å². The number of benzene rings is 2. The van der Waals surface area contributed by atoms with Crippen LogP contribution in [-0.4, -0.2) is 36.4 Å². The lowest BCUT2D eigenvalue weighted by Gasteiger charge is -2.45. The van der Waals surface area contributed by atoms with E-state index in [9.17, 15) is 4.79 Å². The normalized spacial score (nSPS) is 17.3. The Morgan fingerprint density at radius 3 is 2.66 bits per heavy atom. The van der Waals surface area contributed by atoms with Gasteiger partial charge < -0.3 is 14.2 Å². The van der Waals surface area contributed by atoms with Gasteiger partial charge in [-0.3, -0.25) is 4.79 Å². The molecule has 0 aliphatic carbocycles. The fraction of sp³-hybridized carbons (Fsp3) is 0.308. The Kier molecular flexibility index (Phi) is 5.78. The highest BCUT2D eigenvalue weighted by Crippen LogP contribution is 2.44. The van der Waals surface area contributed by atoms with E-state index in [2.05, 4.69) is 55.4 Å². The number of hydrogen-bond acceptors (Lipinski definition) is 4. The Hall–Kier alpha value is -3.54. The number of anilines is 1. The number of carbonyl (C=O) groups is 1. The van der Waals surface area contributed by atoms with Gasteiger partial charge in [0.25, 0.3) is 5.91 Å². The van der Waals surface area contributed by atoms with E-state index in [1.54, 1.807) is 19.4 Å². The van der Waals surface area contributed by atoms with Gasteiger partial charge in [-0.1, -0.05) is 13.0 Å². The van der Waals surface area contributed by atoms with E-state index in [-0.39, 0.29) is 11.4 Å². The lowest BCUT2D eigenvalue weighted by molar-refractivity contribution is 0.0955. The molecule has 1 aromatic heterocycles. The Labute approximate surface area is 189 Å². The number of methoxy groups -OCH3 is 1. The summed E-state index contributed by atoms with van der Waals surface area (Å²) >= 11 is 0. The van der Waals surface area contributed by atoms with Crippen LogP contribution in [0.4, 0.5) is 5.69 Å². The summed E-state index contributed by atoms with van der Waals surface area (Å²) in [6.45, 7) is 6.77. The van der Waals surface area contributed by atoms with Crippen molar-refractivity contribution in [2.75, 3.05) is 19.1 Å². The molecule has 1 aliphatic heterocycles. The van der Waals surface area contributed by atoms with Gasteiger partial charge in [-0.15, -0.1) is 0 Å². The van der Waals surface area contributed by atoms with Crippen molar-refractivity contribution in [3.63, 3.8) is 0 Å². The van der Waals surface area contributed by atoms with Crippen LogP contribution in [0.3, 0.4) is 0 Å². The number of ether oxygens (including phenoxy) is 1. The van der Waals surface area contributed by atoms with Gasteiger partial charge in [0, 0.05) is 53.5 Å². The van der Waals surface area contributed by atoms with Crippen molar-refractivity contribution >= 4 is 17.8 Å². The average molecular weight is 431 g/mol. The van der Waals surface area contributed by atoms with Crippen LogP contribution in [0.5, 0.6) is 5.75 Å². The second-order valence-corrected chi connectivity index (χ2v) is 8.97. The first-order valence-corrected chi connectivity index (χ1v) is 10.8. The van der Waals surface area contributed by atoms with Crippen LogP contribution >= 0.6 is 0 Å². The zero-order chi connectivity index (χ0) is 22.9. The Morgan fingerprint density at radius 2 is 1.94 bits per heavy atom. The molecule has 1 atom stereocenters. The summed E-state index contributed by atoms with van der Waals surface area (Å²) in [5.74, 6) is 0.885. The molecule has 1 N–H and O–H groups in total. The highest BCUT2D eigenvalue weighted by atomic mass is 16.5. The molecule has 0 fully saturated rings. The molecule has 166 valence electrons. The topological polar surface area (TPSA) is 58.9 Å². The highest BCUT2D eigenvalue weighted by molar-refractivity contribution is 5.95. The maximum absolute atomic E-state index is 12.6. The predicted molar refractivity (Wildman–Crippen MR) is 129 cm³/mol. The summed E-state index contributed by atoms with van der Waals surface area (Å²) in [5, 5.41) is 4.22. The third-order valence-electron chi connectivity index (χ3n) is 6.37. The molecule has 3 aromatic rings. The van der Waals surface area contributed by atoms with Crippen molar-refractivity contribution in [2.24, 2.45) is 5.10 Å². The largest absolute Gasteiger partial charge is 0.496 e. The number of nitrogens with one attached hydrogen (secondary N) is 1. The second-order valence-electron chi connectivity index (χ2n) is 8.97. The lowest BCUT2D eigenvalue weighted by Crippen LogP contribution is -2.45. The average Bonchev–Trinajstić information content (AvgIpc) is 3.32. The van der Waals surface area contributed by atoms with Crippen LogP contribution in [0, 0.1) is 0 Å². The summed E-state index contributed by atoms with van der Waals surface area (Å²) in [7, 11) is 3.78. The van der Waals surface area contributed by atoms with Crippen molar-refractivity contribution in [2.45, 2.75) is 38.6 Å². The third-order valence-corrected chi connectivity index (χ3v) is 6.37. The van der Waals surface area contributed by atoms with Crippen LogP contribution in [0.15, 0.2) is 66.0 Å². The maximum atomic E-state index is 12.6. The fourth-order valence-corrected chi connectivity index (χ4v) is 4.43. The van der Waals surface area contributed by atoms with Gasteiger partial charge in [0.1, 0.15) is 5.75 Å². The SMILES string of the molecule is COc1cc2c(cc1/C=N/NC(=O)c1cccc(-n3cccc3)c1)C(C)CC(C)(C)N2C. The summed E-state index contributed by atoms with van der Waals surface area (Å²) in [6, 6.07) is 15.5. The molecule has 0 radical (unpaired) electrons. The van der Waals surface area contributed by atoms with E-state index >= 15 is 0 Å². The molecule has 1 amide bonds. The number of aromatic nitrogens is 1. The van der Waals surface area contributed by atoms with Gasteiger partial charge in [-0.05, 0) is 68.1 Å². The van der Waals surface area contributed by atoms with Crippen LogP contribution in [0.25, 0.3) is 5.69 Å². The molecular weight excluding hydrogens is 400 g/mol. The van der Waals surface area contributed by atoms with E-state index in [1.165, 1.54) is 11.3 Å². The first-order valence-electron chi connectivity index (χ1n) is 10.8. The number of rotatable bonds is 5. The molecule has 4 rings (SSSR count). The minimum Gasteiger partial charge on any atom is -0.496 e. The quantitative estimate of drug-likeness (QED) is 0.459. The molecule has 6 heteroatoms. The number of hydrogen-bond donors (Lipinski definition) is 1. The molecule has 0 bridgehead atoms. The van der Waals surface area contributed by atoms with Gasteiger partial charge in [-0.25, -0.2) is 5.43 Å². The van der Waals surface area contributed by atoms with Crippen molar-refractivity contribution in [1.82, 2.24) is 9.99 Å². The molecule has 0 saturated carbocycles. The molecule has 1 aliphatic rings. The fourth-order valence-electron chi connectivity index (χ4n) is 4.43. The zero-order valence-electron chi connectivity index (χ0n) is 19.3. The number of amides is 1. The number of carbonyl (C=O) groups excluding carboxylic acids is 1. The summed E-state index contributed by atoms with van der Waals surface area (Å²) in [4.78, 5) is 14.9. The van der Waals surface area contributed by atoms with Gasteiger partial charge in [0.05, 0.1) is 13.3 Å². The highest BCUT2D eigenvalue weighted by Gasteiger charge is 2.34. The van der Waals surface area contributed by atoms with Crippen molar-refractivity contribution in [3.8, 4) is 11.4 Å². The monoisotopic (exact) mass is 430 g/mol. The number of hydrazone groups is 1. The number of fused-ring (bicyclic) bond motifs is 1.